The van der Waals surface area contributed by atoms with Crippen LogP contribution in [0.2, 0.25) is 0 Å². The van der Waals surface area contributed by atoms with Crippen molar-refractivity contribution in [3.05, 3.63) is 36.5 Å². The second-order valence-electron chi connectivity index (χ2n) is 2.39. The predicted molar refractivity (Wildman–Crippen MR) is 59.8 cm³/mol. The summed E-state index contributed by atoms with van der Waals surface area (Å²) in [6.45, 7) is 9.50. The fourth-order valence-electron chi connectivity index (χ4n) is 1.16. The van der Waals surface area contributed by atoms with Crippen molar-refractivity contribution in [1.82, 2.24) is 5.32 Å². The Labute approximate surface area is 80.7 Å². The van der Waals surface area contributed by atoms with Gasteiger partial charge in [0.2, 0.25) is 0 Å². The summed E-state index contributed by atoms with van der Waals surface area (Å²) in [7, 11) is 0. The molecule has 0 spiro atoms. The van der Waals surface area contributed by atoms with Gasteiger partial charge in [0.15, 0.2) is 0 Å². The topological polar surface area (TPSA) is 12.0 Å². The van der Waals surface area contributed by atoms with Gasteiger partial charge in [0.1, 0.15) is 0 Å². The van der Waals surface area contributed by atoms with Gasteiger partial charge in [-0.2, -0.15) is 12.6 Å². The summed E-state index contributed by atoms with van der Waals surface area (Å²) in [5, 5.41) is 3.27. The molecule has 0 aromatic rings. The smallest absolute Gasteiger partial charge is 0.0208 e. The van der Waals surface area contributed by atoms with Crippen LogP contribution in [-0.4, -0.2) is 19.3 Å². The third-order valence-corrected chi connectivity index (χ3v) is 1.79. The first-order valence-corrected chi connectivity index (χ1v) is 4.90. The summed E-state index contributed by atoms with van der Waals surface area (Å²) in [5.41, 5.74) is 2.63. The molecule has 0 amide bonds. The monoisotopic (exact) mass is 183 g/mol. The van der Waals surface area contributed by atoms with Gasteiger partial charge >= 0.3 is 0 Å². The van der Waals surface area contributed by atoms with Crippen LogP contribution in [-0.2, 0) is 0 Å². The maximum Gasteiger partial charge on any atom is 0.0208 e. The van der Waals surface area contributed by atoms with Crippen LogP contribution in [0.4, 0.5) is 0 Å². The molecular weight excluding hydrogens is 166 g/mol. The SMILES string of the molecule is C=CC1=C(C=C)CNCC1.CS. The lowest BCUT2D eigenvalue weighted by Crippen LogP contribution is -2.23. The van der Waals surface area contributed by atoms with E-state index in [1.807, 2.05) is 12.2 Å². The van der Waals surface area contributed by atoms with E-state index in [9.17, 15) is 0 Å². The highest BCUT2D eigenvalue weighted by atomic mass is 32.1. The van der Waals surface area contributed by atoms with Gasteiger partial charge in [-0.3, -0.25) is 0 Å². The Morgan fingerprint density at radius 2 is 1.83 bits per heavy atom. The highest BCUT2D eigenvalue weighted by Crippen LogP contribution is 2.13. The van der Waals surface area contributed by atoms with Gasteiger partial charge in [-0.05, 0) is 30.4 Å². The molecule has 1 rings (SSSR count). The van der Waals surface area contributed by atoms with Gasteiger partial charge in [0.05, 0.1) is 0 Å². The van der Waals surface area contributed by atoms with Crippen molar-refractivity contribution in [3.8, 4) is 0 Å². The third kappa shape index (κ3) is 3.28. The zero-order chi connectivity index (χ0) is 9.40. The Bertz CT molecular complexity index is 162. The normalized spacial score (nSPS) is 16.2. The van der Waals surface area contributed by atoms with Gasteiger partial charge in [-0.1, -0.05) is 25.3 Å². The Morgan fingerprint density at radius 3 is 2.25 bits per heavy atom. The molecule has 1 nitrogen and oxygen atoms in total. The molecule has 1 aliphatic rings. The molecule has 12 heavy (non-hydrogen) atoms. The first-order chi connectivity index (χ1) is 5.88. The summed E-state index contributed by atoms with van der Waals surface area (Å²) < 4.78 is 0. The van der Waals surface area contributed by atoms with E-state index < -0.39 is 0 Å². The molecular formula is C10H17NS. The van der Waals surface area contributed by atoms with E-state index in [0.717, 1.165) is 19.5 Å². The highest BCUT2D eigenvalue weighted by Gasteiger charge is 2.05. The number of hydrogen-bond acceptors (Lipinski definition) is 2. The number of nitrogens with one attached hydrogen (secondary N) is 1. The molecule has 0 atom stereocenters. The predicted octanol–water partition coefficient (Wildman–Crippen LogP) is 2.19. The van der Waals surface area contributed by atoms with Crippen molar-refractivity contribution < 1.29 is 0 Å². The quantitative estimate of drug-likeness (QED) is 0.625. The number of rotatable bonds is 2. The van der Waals surface area contributed by atoms with E-state index in [1.54, 1.807) is 6.26 Å². The van der Waals surface area contributed by atoms with Gasteiger partial charge in [-0.15, -0.1) is 0 Å². The van der Waals surface area contributed by atoms with Crippen LogP contribution in [0.25, 0.3) is 0 Å². The minimum Gasteiger partial charge on any atom is -0.312 e. The van der Waals surface area contributed by atoms with Crippen LogP contribution in [0.5, 0.6) is 0 Å². The first-order valence-electron chi connectivity index (χ1n) is 4.01. The maximum absolute atomic E-state index is 3.75. The molecule has 0 saturated heterocycles. The number of hydrogen-bond donors (Lipinski definition) is 2. The third-order valence-electron chi connectivity index (χ3n) is 1.79. The second kappa shape index (κ2) is 7.19. The fraction of sp³-hybridized carbons (Fsp3) is 0.400. The Hall–Kier alpha value is -0.470. The van der Waals surface area contributed by atoms with Crippen molar-refractivity contribution in [2.24, 2.45) is 0 Å². The molecule has 68 valence electrons. The fourth-order valence-corrected chi connectivity index (χ4v) is 1.16. The summed E-state index contributed by atoms with van der Waals surface area (Å²) in [4.78, 5) is 0. The lowest BCUT2D eigenvalue weighted by atomic mass is 10.0. The molecule has 1 N–H and O–H groups in total. The minimum atomic E-state index is 0.949. The van der Waals surface area contributed by atoms with E-state index in [-0.39, 0.29) is 0 Å². The molecule has 2 heteroatoms. The van der Waals surface area contributed by atoms with Crippen molar-refractivity contribution in [2.45, 2.75) is 6.42 Å². The molecule has 0 unspecified atom stereocenters. The lowest BCUT2D eigenvalue weighted by Gasteiger charge is -2.15. The summed E-state index contributed by atoms with van der Waals surface area (Å²) >= 11 is 3.53. The zero-order valence-corrected chi connectivity index (χ0v) is 8.53. The van der Waals surface area contributed by atoms with Gasteiger partial charge < -0.3 is 5.32 Å². The van der Waals surface area contributed by atoms with Crippen molar-refractivity contribution in [3.63, 3.8) is 0 Å². The average Bonchev–Trinajstić information content (AvgIpc) is 2.20. The van der Waals surface area contributed by atoms with Crippen LogP contribution >= 0.6 is 12.6 Å². The Balaban J connectivity index is 0.000000561. The molecule has 0 radical (unpaired) electrons. The molecule has 0 bridgehead atoms. The molecule has 0 saturated carbocycles. The second-order valence-corrected chi connectivity index (χ2v) is 2.39. The van der Waals surface area contributed by atoms with Crippen molar-refractivity contribution >= 4 is 12.6 Å². The van der Waals surface area contributed by atoms with Crippen LogP contribution in [0.3, 0.4) is 0 Å². The Morgan fingerprint density at radius 1 is 1.25 bits per heavy atom. The molecule has 0 fully saturated rings. The largest absolute Gasteiger partial charge is 0.312 e. The van der Waals surface area contributed by atoms with Gasteiger partial charge in [-0.25, -0.2) is 0 Å². The van der Waals surface area contributed by atoms with E-state index in [2.05, 4.69) is 31.1 Å². The van der Waals surface area contributed by atoms with Crippen LogP contribution in [0.1, 0.15) is 6.42 Å². The maximum atomic E-state index is 3.75. The number of thiol groups is 1. The first kappa shape index (κ1) is 11.5. The molecule has 1 aliphatic heterocycles. The van der Waals surface area contributed by atoms with E-state index in [1.165, 1.54) is 11.1 Å². The van der Waals surface area contributed by atoms with E-state index >= 15 is 0 Å². The van der Waals surface area contributed by atoms with Gasteiger partial charge in [0, 0.05) is 6.54 Å². The van der Waals surface area contributed by atoms with Crippen molar-refractivity contribution in [2.75, 3.05) is 19.3 Å². The van der Waals surface area contributed by atoms with Crippen LogP contribution in [0, 0.1) is 0 Å². The molecule has 1 heterocycles. The molecule has 0 aliphatic carbocycles. The van der Waals surface area contributed by atoms with Gasteiger partial charge in [0.25, 0.3) is 0 Å². The number of allylic oxidation sites excluding steroid dienone is 1. The van der Waals surface area contributed by atoms with Crippen LogP contribution < -0.4 is 5.32 Å². The highest BCUT2D eigenvalue weighted by molar-refractivity contribution is 7.79. The van der Waals surface area contributed by atoms with Crippen LogP contribution in [0.15, 0.2) is 36.5 Å². The lowest BCUT2D eigenvalue weighted by molar-refractivity contribution is 0.696. The molecule has 0 aromatic carbocycles. The Kier molecular flexibility index (Phi) is 6.91. The van der Waals surface area contributed by atoms with E-state index in [0.29, 0.717) is 0 Å². The summed E-state index contributed by atoms with van der Waals surface area (Å²) in [6.07, 6.45) is 6.62. The molecule has 0 aromatic heterocycles. The minimum absolute atomic E-state index is 0.949. The summed E-state index contributed by atoms with van der Waals surface area (Å²) in [5.74, 6) is 0. The van der Waals surface area contributed by atoms with E-state index in [4.69, 9.17) is 0 Å². The standard InChI is InChI=1S/C9H13N.CH4S/c1-3-8-5-6-10-7-9(8)4-2;1-2/h3-4,10H,1-2,5-7H2;2H,1H3. The van der Waals surface area contributed by atoms with Crippen molar-refractivity contribution in [1.29, 1.82) is 0 Å². The summed E-state index contributed by atoms with van der Waals surface area (Å²) in [6, 6.07) is 0. The average molecular weight is 183 g/mol. The zero-order valence-electron chi connectivity index (χ0n) is 7.64.